The summed E-state index contributed by atoms with van der Waals surface area (Å²) in [6, 6.07) is 3.94. The minimum atomic E-state index is 0.0925. The standard InChI is InChI=1S/C17H27Cl2NO/c1-6-9-20-16(17(4,5)7-2)12-10-14(19)15(21-8-3)11-13(12)18/h10-11,16,20H,6-9H2,1-5H3. The maximum Gasteiger partial charge on any atom is 0.139 e. The molecule has 0 bridgehead atoms. The molecule has 1 aromatic carbocycles. The fraction of sp³-hybridized carbons (Fsp3) is 0.647. The van der Waals surface area contributed by atoms with Gasteiger partial charge in [0.15, 0.2) is 0 Å². The average Bonchev–Trinajstić information content (AvgIpc) is 2.44. The van der Waals surface area contributed by atoms with E-state index in [1.54, 1.807) is 0 Å². The minimum Gasteiger partial charge on any atom is -0.492 e. The Balaban J connectivity index is 3.21. The third-order valence-corrected chi connectivity index (χ3v) is 4.58. The van der Waals surface area contributed by atoms with Crippen molar-refractivity contribution in [3.8, 4) is 5.75 Å². The van der Waals surface area contributed by atoms with Crippen LogP contribution in [0.3, 0.4) is 0 Å². The summed E-state index contributed by atoms with van der Waals surface area (Å²) >= 11 is 12.8. The maximum atomic E-state index is 6.50. The predicted octanol–water partition coefficient (Wildman–Crippen LogP) is 5.87. The van der Waals surface area contributed by atoms with Gasteiger partial charge in [0.25, 0.3) is 0 Å². The van der Waals surface area contributed by atoms with Crippen LogP contribution in [0.4, 0.5) is 0 Å². The summed E-state index contributed by atoms with van der Waals surface area (Å²) in [5.74, 6) is 0.650. The van der Waals surface area contributed by atoms with Gasteiger partial charge in [-0.3, -0.25) is 0 Å². The molecular formula is C17H27Cl2NO. The smallest absolute Gasteiger partial charge is 0.139 e. The molecule has 1 unspecified atom stereocenters. The highest BCUT2D eigenvalue weighted by Gasteiger charge is 2.30. The van der Waals surface area contributed by atoms with E-state index in [2.05, 4.69) is 33.0 Å². The van der Waals surface area contributed by atoms with Crippen molar-refractivity contribution in [2.75, 3.05) is 13.2 Å². The molecule has 120 valence electrons. The zero-order valence-corrected chi connectivity index (χ0v) is 15.2. The zero-order valence-electron chi connectivity index (χ0n) is 13.7. The Kier molecular flexibility index (Phi) is 7.32. The van der Waals surface area contributed by atoms with Crippen LogP contribution in [0.15, 0.2) is 12.1 Å². The fourth-order valence-electron chi connectivity index (χ4n) is 2.33. The van der Waals surface area contributed by atoms with Crippen LogP contribution in [-0.4, -0.2) is 13.2 Å². The average molecular weight is 332 g/mol. The van der Waals surface area contributed by atoms with Gasteiger partial charge in [-0.15, -0.1) is 0 Å². The van der Waals surface area contributed by atoms with E-state index in [-0.39, 0.29) is 11.5 Å². The lowest BCUT2D eigenvalue weighted by Crippen LogP contribution is -2.34. The quantitative estimate of drug-likeness (QED) is 0.643. The summed E-state index contributed by atoms with van der Waals surface area (Å²) in [6.07, 6.45) is 2.13. The van der Waals surface area contributed by atoms with Crippen molar-refractivity contribution < 1.29 is 4.74 Å². The van der Waals surface area contributed by atoms with E-state index in [1.165, 1.54) is 0 Å². The highest BCUT2D eigenvalue weighted by molar-refractivity contribution is 6.34. The molecule has 0 aliphatic carbocycles. The molecule has 1 atom stereocenters. The third-order valence-electron chi connectivity index (χ3n) is 3.95. The Morgan fingerprint density at radius 1 is 1.14 bits per heavy atom. The van der Waals surface area contributed by atoms with Crippen molar-refractivity contribution in [1.82, 2.24) is 5.32 Å². The van der Waals surface area contributed by atoms with E-state index in [4.69, 9.17) is 27.9 Å². The number of hydrogen-bond acceptors (Lipinski definition) is 2. The molecule has 0 aliphatic heterocycles. The Bertz CT molecular complexity index is 460. The lowest BCUT2D eigenvalue weighted by molar-refractivity contribution is 0.234. The zero-order chi connectivity index (χ0) is 16.0. The number of hydrogen-bond donors (Lipinski definition) is 1. The van der Waals surface area contributed by atoms with E-state index < -0.39 is 0 Å². The van der Waals surface area contributed by atoms with Crippen molar-refractivity contribution in [3.05, 3.63) is 27.7 Å². The SMILES string of the molecule is CCCNC(c1cc(Cl)c(OCC)cc1Cl)C(C)(C)CC. The van der Waals surface area contributed by atoms with Gasteiger partial charge in [-0.1, -0.05) is 50.9 Å². The molecule has 2 nitrogen and oxygen atoms in total. The molecule has 0 amide bonds. The van der Waals surface area contributed by atoms with Crippen LogP contribution in [0.2, 0.25) is 10.0 Å². The Morgan fingerprint density at radius 3 is 2.33 bits per heavy atom. The number of nitrogens with one attached hydrogen (secondary N) is 1. The molecule has 0 aromatic heterocycles. The van der Waals surface area contributed by atoms with Crippen LogP contribution in [0.5, 0.6) is 5.75 Å². The van der Waals surface area contributed by atoms with E-state index >= 15 is 0 Å². The normalized spacial score (nSPS) is 13.3. The molecular weight excluding hydrogens is 305 g/mol. The summed E-state index contributed by atoms with van der Waals surface area (Å²) in [6.45, 7) is 12.3. The molecule has 0 heterocycles. The number of rotatable bonds is 8. The molecule has 1 N–H and O–H groups in total. The van der Waals surface area contributed by atoms with Crippen LogP contribution in [0.25, 0.3) is 0 Å². The van der Waals surface area contributed by atoms with Gasteiger partial charge in [0.05, 0.1) is 11.6 Å². The van der Waals surface area contributed by atoms with Crippen molar-refractivity contribution in [2.45, 2.75) is 53.5 Å². The van der Waals surface area contributed by atoms with Crippen LogP contribution >= 0.6 is 23.2 Å². The summed E-state index contributed by atoms with van der Waals surface area (Å²) in [4.78, 5) is 0. The second kappa shape index (κ2) is 8.26. The molecule has 0 radical (unpaired) electrons. The van der Waals surface area contributed by atoms with Crippen molar-refractivity contribution >= 4 is 23.2 Å². The number of benzene rings is 1. The first-order valence-electron chi connectivity index (χ1n) is 7.72. The second-order valence-electron chi connectivity index (χ2n) is 5.97. The van der Waals surface area contributed by atoms with Crippen LogP contribution < -0.4 is 10.1 Å². The minimum absolute atomic E-state index is 0.0925. The lowest BCUT2D eigenvalue weighted by atomic mass is 9.78. The van der Waals surface area contributed by atoms with Crippen LogP contribution in [-0.2, 0) is 0 Å². The third kappa shape index (κ3) is 4.77. The Labute approximate surface area is 139 Å². The van der Waals surface area contributed by atoms with E-state index in [1.807, 2.05) is 19.1 Å². The van der Waals surface area contributed by atoms with Gasteiger partial charge in [-0.2, -0.15) is 0 Å². The van der Waals surface area contributed by atoms with Crippen molar-refractivity contribution in [3.63, 3.8) is 0 Å². The largest absolute Gasteiger partial charge is 0.492 e. The van der Waals surface area contributed by atoms with Gasteiger partial charge in [-0.05, 0) is 43.4 Å². The van der Waals surface area contributed by atoms with Gasteiger partial charge in [0.1, 0.15) is 5.75 Å². The van der Waals surface area contributed by atoms with Crippen molar-refractivity contribution in [2.24, 2.45) is 5.41 Å². The molecule has 0 spiro atoms. The lowest BCUT2D eigenvalue weighted by Gasteiger charge is -2.35. The fourth-order valence-corrected chi connectivity index (χ4v) is 2.82. The van der Waals surface area contributed by atoms with E-state index in [0.29, 0.717) is 22.4 Å². The predicted molar refractivity (Wildman–Crippen MR) is 92.7 cm³/mol. The van der Waals surface area contributed by atoms with E-state index in [9.17, 15) is 0 Å². The van der Waals surface area contributed by atoms with Crippen LogP contribution in [0, 0.1) is 5.41 Å². The summed E-state index contributed by atoms with van der Waals surface area (Å²) in [5, 5.41) is 4.94. The number of halogens is 2. The Hall–Kier alpha value is -0.440. The monoisotopic (exact) mass is 331 g/mol. The van der Waals surface area contributed by atoms with E-state index in [0.717, 1.165) is 24.9 Å². The highest BCUT2D eigenvalue weighted by Crippen LogP contribution is 2.42. The highest BCUT2D eigenvalue weighted by atomic mass is 35.5. The van der Waals surface area contributed by atoms with Gasteiger partial charge < -0.3 is 10.1 Å². The van der Waals surface area contributed by atoms with Gasteiger partial charge in [0.2, 0.25) is 0 Å². The van der Waals surface area contributed by atoms with Crippen LogP contribution in [0.1, 0.15) is 59.1 Å². The first-order valence-corrected chi connectivity index (χ1v) is 8.48. The van der Waals surface area contributed by atoms with Gasteiger partial charge in [0, 0.05) is 17.1 Å². The second-order valence-corrected chi connectivity index (χ2v) is 6.78. The molecule has 1 rings (SSSR count). The maximum absolute atomic E-state index is 6.50. The van der Waals surface area contributed by atoms with Gasteiger partial charge >= 0.3 is 0 Å². The molecule has 21 heavy (non-hydrogen) atoms. The van der Waals surface area contributed by atoms with Crippen molar-refractivity contribution in [1.29, 1.82) is 0 Å². The Morgan fingerprint density at radius 2 is 1.81 bits per heavy atom. The first-order chi connectivity index (χ1) is 9.87. The molecule has 0 saturated carbocycles. The molecule has 1 aromatic rings. The summed E-state index contributed by atoms with van der Waals surface area (Å²) < 4.78 is 5.51. The number of ether oxygens (including phenoxy) is 1. The summed E-state index contributed by atoms with van der Waals surface area (Å²) in [7, 11) is 0. The molecule has 0 fully saturated rings. The molecule has 0 aliphatic rings. The first kappa shape index (κ1) is 18.6. The summed E-state index contributed by atoms with van der Waals surface area (Å²) in [5.41, 5.74) is 1.14. The van der Waals surface area contributed by atoms with Gasteiger partial charge in [-0.25, -0.2) is 0 Å². The molecule has 0 saturated heterocycles. The topological polar surface area (TPSA) is 21.3 Å². The molecule has 4 heteroatoms.